The van der Waals surface area contributed by atoms with E-state index in [1.54, 1.807) is 0 Å². The Morgan fingerprint density at radius 1 is 1.47 bits per heavy atom. The molecule has 90 valence electrons. The molecular weight excluding hydrogens is 234 g/mol. The maximum absolute atomic E-state index is 12.0. The Morgan fingerprint density at radius 3 is 2.88 bits per heavy atom. The van der Waals surface area contributed by atoms with E-state index in [4.69, 9.17) is 9.52 Å². The first-order valence-electron chi connectivity index (χ1n) is 4.73. The third-order valence-electron chi connectivity index (χ3n) is 2.19. The molecule has 0 aliphatic rings. The van der Waals surface area contributed by atoms with Gasteiger partial charge in [-0.2, -0.15) is 8.78 Å². The number of halogens is 2. The van der Waals surface area contributed by atoms with Crippen molar-refractivity contribution < 1.29 is 27.8 Å². The molecule has 0 aliphatic heterocycles. The number of ether oxygens (including phenoxy) is 1. The summed E-state index contributed by atoms with van der Waals surface area (Å²) in [6.45, 7) is -2.90. The molecule has 1 aromatic heterocycles. The summed E-state index contributed by atoms with van der Waals surface area (Å²) >= 11 is 0. The normalized spacial score (nSPS) is 11.0. The molecule has 1 aromatic carbocycles. The first-order valence-corrected chi connectivity index (χ1v) is 4.73. The molecule has 2 rings (SSSR count). The van der Waals surface area contributed by atoms with Crippen LogP contribution in [-0.2, 0) is 11.2 Å². The number of rotatable bonds is 4. The van der Waals surface area contributed by atoms with E-state index in [1.165, 1.54) is 24.5 Å². The lowest BCUT2D eigenvalue weighted by Gasteiger charge is -2.03. The number of carboxylic acids is 1. The molecule has 17 heavy (non-hydrogen) atoms. The zero-order valence-corrected chi connectivity index (χ0v) is 8.52. The van der Waals surface area contributed by atoms with Gasteiger partial charge in [0, 0.05) is 17.0 Å². The lowest BCUT2D eigenvalue weighted by Crippen LogP contribution is -2.01. The van der Waals surface area contributed by atoms with Crippen LogP contribution in [0.15, 0.2) is 28.9 Å². The Morgan fingerprint density at radius 2 is 2.24 bits per heavy atom. The van der Waals surface area contributed by atoms with Crippen molar-refractivity contribution in [3.8, 4) is 5.75 Å². The van der Waals surface area contributed by atoms with Crippen LogP contribution in [0.5, 0.6) is 5.75 Å². The summed E-state index contributed by atoms with van der Waals surface area (Å²) < 4.78 is 33.2. The minimum atomic E-state index is -2.90. The second-order valence-corrected chi connectivity index (χ2v) is 3.37. The Kier molecular flexibility index (Phi) is 2.95. The van der Waals surface area contributed by atoms with Crippen molar-refractivity contribution in [2.75, 3.05) is 0 Å². The molecule has 1 heterocycles. The van der Waals surface area contributed by atoms with Gasteiger partial charge in [-0.3, -0.25) is 4.79 Å². The van der Waals surface area contributed by atoms with Gasteiger partial charge in [-0.05, 0) is 12.1 Å². The van der Waals surface area contributed by atoms with E-state index < -0.39 is 12.6 Å². The van der Waals surface area contributed by atoms with Crippen LogP contribution < -0.4 is 4.74 Å². The van der Waals surface area contributed by atoms with Crippen LogP contribution >= 0.6 is 0 Å². The molecule has 4 nitrogen and oxygen atoms in total. The molecule has 0 saturated heterocycles. The predicted octanol–water partition coefficient (Wildman–Crippen LogP) is 2.66. The SMILES string of the molecule is O=C(O)Cc1coc2cc(OC(F)F)ccc12. The summed E-state index contributed by atoms with van der Waals surface area (Å²) in [5, 5.41) is 9.23. The third kappa shape index (κ3) is 2.52. The Bertz CT molecular complexity index is 547. The van der Waals surface area contributed by atoms with Gasteiger partial charge in [0.25, 0.3) is 0 Å². The maximum atomic E-state index is 12.0. The summed E-state index contributed by atoms with van der Waals surface area (Å²) in [7, 11) is 0. The van der Waals surface area contributed by atoms with Crippen LogP contribution in [0.4, 0.5) is 8.78 Å². The van der Waals surface area contributed by atoms with E-state index in [0.29, 0.717) is 16.5 Å². The van der Waals surface area contributed by atoms with Crippen LogP contribution in [0.3, 0.4) is 0 Å². The molecule has 0 bridgehead atoms. The molecule has 0 amide bonds. The van der Waals surface area contributed by atoms with E-state index in [1.807, 2.05) is 0 Å². The van der Waals surface area contributed by atoms with E-state index in [2.05, 4.69) is 4.74 Å². The molecule has 0 unspecified atom stereocenters. The number of carboxylic acid groups (broad SMARTS) is 1. The van der Waals surface area contributed by atoms with Gasteiger partial charge in [0.05, 0.1) is 12.7 Å². The van der Waals surface area contributed by atoms with Crippen LogP contribution in [0, 0.1) is 0 Å². The van der Waals surface area contributed by atoms with Crippen molar-refractivity contribution in [1.29, 1.82) is 0 Å². The highest BCUT2D eigenvalue weighted by Crippen LogP contribution is 2.26. The summed E-state index contributed by atoms with van der Waals surface area (Å²) in [5.41, 5.74) is 0.815. The largest absolute Gasteiger partial charge is 0.481 e. The fourth-order valence-corrected chi connectivity index (χ4v) is 1.54. The molecule has 0 atom stereocenters. The number of hydrogen-bond donors (Lipinski definition) is 1. The van der Waals surface area contributed by atoms with Gasteiger partial charge < -0.3 is 14.3 Å². The molecule has 0 spiro atoms. The molecule has 2 aromatic rings. The van der Waals surface area contributed by atoms with E-state index in [0.717, 1.165) is 0 Å². The zero-order chi connectivity index (χ0) is 12.4. The van der Waals surface area contributed by atoms with Crippen molar-refractivity contribution in [2.45, 2.75) is 13.0 Å². The van der Waals surface area contributed by atoms with Crippen LogP contribution in [0.25, 0.3) is 11.0 Å². The number of fused-ring (bicyclic) bond motifs is 1. The van der Waals surface area contributed by atoms with Gasteiger partial charge in [-0.1, -0.05) is 0 Å². The maximum Gasteiger partial charge on any atom is 0.387 e. The second kappa shape index (κ2) is 4.40. The Hall–Kier alpha value is -2.11. The minimum Gasteiger partial charge on any atom is -0.481 e. The number of alkyl halides is 2. The first kappa shape index (κ1) is 11.4. The van der Waals surface area contributed by atoms with Crippen LogP contribution in [0.2, 0.25) is 0 Å². The van der Waals surface area contributed by atoms with Crippen molar-refractivity contribution in [1.82, 2.24) is 0 Å². The minimum absolute atomic E-state index is 0.0243. The van der Waals surface area contributed by atoms with Gasteiger partial charge in [0.1, 0.15) is 11.3 Å². The van der Waals surface area contributed by atoms with Gasteiger partial charge in [0.15, 0.2) is 0 Å². The summed E-state index contributed by atoms with van der Waals surface area (Å²) in [6, 6.07) is 4.14. The highest BCUT2D eigenvalue weighted by molar-refractivity contribution is 5.86. The molecule has 6 heteroatoms. The fourth-order valence-electron chi connectivity index (χ4n) is 1.54. The average molecular weight is 242 g/mol. The standard InChI is InChI=1S/C11H8F2O4/c12-11(13)17-7-1-2-8-6(3-10(14)15)5-16-9(8)4-7/h1-2,4-5,11H,3H2,(H,14,15). The van der Waals surface area contributed by atoms with E-state index >= 15 is 0 Å². The molecule has 1 N–H and O–H groups in total. The number of benzene rings is 1. The average Bonchev–Trinajstić information content (AvgIpc) is 2.59. The molecule has 0 fully saturated rings. The van der Waals surface area contributed by atoms with Crippen LogP contribution in [0.1, 0.15) is 5.56 Å². The van der Waals surface area contributed by atoms with Gasteiger partial charge in [0.2, 0.25) is 0 Å². The monoisotopic (exact) mass is 242 g/mol. The number of carbonyl (C=O) groups is 1. The lowest BCUT2D eigenvalue weighted by atomic mass is 10.1. The fraction of sp³-hybridized carbons (Fsp3) is 0.182. The molecule has 0 radical (unpaired) electrons. The number of hydrogen-bond acceptors (Lipinski definition) is 3. The van der Waals surface area contributed by atoms with Crippen molar-refractivity contribution in [2.24, 2.45) is 0 Å². The number of aliphatic carboxylic acids is 1. The van der Waals surface area contributed by atoms with E-state index in [9.17, 15) is 13.6 Å². The second-order valence-electron chi connectivity index (χ2n) is 3.37. The molecule has 0 saturated carbocycles. The van der Waals surface area contributed by atoms with E-state index in [-0.39, 0.29) is 12.2 Å². The lowest BCUT2D eigenvalue weighted by molar-refractivity contribution is -0.136. The Balaban J connectivity index is 2.34. The Labute approximate surface area is 94.4 Å². The number of furan rings is 1. The van der Waals surface area contributed by atoms with Gasteiger partial charge >= 0.3 is 12.6 Å². The summed E-state index contributed by atoms with van der Waals surface area (Å²) in [6.07, 6.45) is 1.12. The van der Waals surface area contributed by atoms with Crippen molar-refractivity contribution in [3.63, 3.8) is 0 Å². The highest BCUT2D eigenvalue weighted by atomic mass is 19.3. The molecule has 0 aliphatic carbocycles. The van der Waals surface area contributed by atoms with Crippen molar-refractivity contribution in [3.05, 3.63) is 30.0 Å². The third-order valence-corrected chi connectivity index (χ3v) is 2.19. The highest BCUT2D eigenvalue weighted by Gasteiger charge is 2.11. The predicted molar refractivity (Wildman–Crippen MR) is 54.2 cm³/mol. The van der Waals surface area contributed by atoms with Gasteiger partial charge in [-0.25, -0.2) is 0 Å². The quantitative estimate of drug-likeness (QED) is 0.895. The molecular formula is C11H8F2O4. The van der Waals surface area contributed by atoms with Crippen LogP contribution in [-0.4, -0.2) is 17.7 Å². The first-order chi connectivity index (χ1) is 8.06. The summed E-state index contributed by atoms with van der Waals surface area (Å²) in [5.74, 6) is -1.01. The van der Waals surface area contributed by atoms with Crippen molar-refractivity contribution >= 4 is 16.9 Å². The summed E-state index contributed by atoms with van der Waals surface area (Å²) in [4.78, 5) is 10.6. The van der Waals surface area contributed by atoms with Gasteiger partial charge in [-0.15, -0.1) is 0 Å². The smallest absolute Gasteiger partial charge is 0.387 e. The zero-order valence-electron chi connectivity index (χ0n) is 8.52. The topological polar surface area (TPSA) is 59.7 Å².